The number of hydrogen-bond acceptors (Lipinski definition) is 7. The zero-order chi connectivity index (χ0) is 21.1. The van der Waals surface area contributed by atoms with E-state index in [1.54, 1.807) is 28.4 Å². The van der Waals surface area contributed by atoms with Gasteiger partial charge in [-0.1, -0.05) is 12.1 Å². The maximum absolute atomic E-state index is 6.64. The molecule has 0 aromatic heterocycles. The highest BCUT2D eigenvalue weighted by Gasteiger charge is 2.46. The molecule has 2 aromatic carbocycles. The van der Waals surface area contributed by atoms with Crippen LogP contribution < -0.4 is 18.9 Å². The van der Waals surface area contributed by atoms with Gasteiger partial charge in [-0.25, -0.2) is 0 Å². The predicted molar refractivity (Wildman–Crippen MR) is 109 cm³/mol. The molecule has 4 atom stereocenters. The predicted octanol–water partition coefficient (Wildman–Crippen LogP) is 3.77. The summed E-state index contributed by atoms with van der Waals surface area (Å²) in [6.45, 7) is 1.34. The van der Waals surface area contributed by atoms with Gasteiger partial charge in [0.2, 0.25) is 6.79 Å². The van der Waals surface area contributed by atoms with Gasteiger partial charge in [-0.3, -0.25) is 0 Å². The van der Waals surface area contributed by atoms with Gasteiger partial charge in [0.1, 0.15) is 0 Å². The van der Waals surface area contributed by atoms with E-state index < -0.39 is 0 Å². The molecule has 0 spiro atoms. The van der Waals surface area contributed by atoms with Gasteiger partial charge in [0.05, 0.1) is 39.6 Å². The van der Waals surface area contributed by atoms with Crippen LogP contribution >= 0.6 is 0 Å². The molecule has 2 aliphatic heterocycles. The van der Waals surface area contributed by atoms with Gasteiger partial charge in [0.15, 0.2) is 23.0 Å². The molecule has 2 heterocycles. The van der Waals surface area contributed by atoms with Crippen LogP contribution in [-0.2, 0) is 14.2 Å². The minimum absolute atomic E-state index is 0.100. The highest BCUT2D eigenvalue weighted by atomic mass is 16.7. The molecule has 0 bridgehead atoms. The van der Waals surface area contributed by atoms with Gasteiger partial charge in [0, 0.05) is 26.1 Å². The van der Waals surface area contributed by atoms with E-state index in [2.05, 4.69) is 0 Å². The summed E-state index contributed by atoms with van der Waals surface area (Å²) in [5.41, 5.74) is 2.05. The molecule has 1 saturated heterocycles. The fraction of sp³-hybridized carbons (Fsp3) is 0.478. The van der Waals surface area contributed by atoms with E-state index in [-0.39, 0.29) is 30.8 Å². The monoisotopic (exact) mass is 416 g/mol. The number of hydrogen-bond donors (Lipinski definition) is 0. The molecule has 7 nitrogen and oxygen atoms in total. The Balaban J connectivity index is 1.70. The van der Waals surface area contributed by atoms with E-state index in [1.165, 1.54) is 0 Å². The Morgan fingerprint density at radius 1 is 0.733 bits per heavy atom. The van der Waals surface area contributed by atoms with Gasteiger partial charge < -0.3 is 33.2 Å². The standard InChI is InChI=1S/C23H28O7/c1-24-11-16-17(12-25-2)23(15-6-8-19-21(10-15)29-13-28-19)30-22(16)14-5-7-18(26-3)20(9-14)27-4/h5-10,16-17,22-23H,11-13H2,1-4H3/t16-,17+,22-,23+/m1/s1. The molecule has 0 amide bonds. The summed E-state index contributed by atoms with van der Waals surface area (Å²) >= 11 is 0. The van der Waals surface area contributed by atoms with Gasteiger partial charge in [-0.2, -0.15) is 0 Å². The second-order valence-electron chi connectivity index (χ2n) is 7.44. The molecule has 7 heteroatoms. The van der Waals surface area contributed by atoms with Crippen LogP contribution in [0.1, 0.15) is 23.3 Å². The summed E-state index contributed by atoms with van der Waals surface area (Å²) in [4.78, 5) is 0. The number of methoxy groups -OCH3 is 4. The zero-order valence-electron chi connectivity index (χ0n) is 17.8. The van der Waals surface area contributed by atoms with Crippen molar-refractivity contribution >= 4 is 0 Å². The fourth-order valence-corrected chi connectivity index (χ4v) is 4.39. The minimum Gasteiger partial charge on any atom is -0.493 e. The van der Waals surface area contributed by atoms with Crippen molar-refractivity contribution in [3.8, 4) is 23.0 Å². The molecule has 4 rings (SSSR count). The average molecular weight is 416 g/mol. The zero-order valence-corrected chi connectivity index (χ0v) is 17.8. The van der Waals surface area contributed by atoms with Crippen LogP contribution in [0.25, 0.3) is 0 Å². The third kappa shape index (κ3) is 3.80. The largest absolute Gasteiger partial charge is 0.493 e. The van der Waals surface area contributed by atoms with E-state index in [0.717, 1.165) is 22.6 Å². The minimum atomic E-state index is -0.180. The smallest absolute Gasteiger partial charge is 0.231 e. The molecule has 30 heavy (non-hydrogen) atoms. The Bertz CT molecular complexity index is 869. The Morgan fingerprint density at radius 2 is 1.33 bits per heavy atom. The number of ether oxygens (including phenoxy) is 7. The lowest BCUT2D eigenvalue weighted by molar-refractivity contribution is 0.0143. The maximum atomic E-state index is 6.64. The van der Waals surface area contributed by atoms with Crippen molar-refractivity contribution in [2.45, 2.75) is 12.2 Å². The quantitative estimate of drug-likeness (QED) is 0.649. The average Bonchev–Trinajstić information content (AvgIpc) is 3.38. The number of fused-ring (bicyclic) bond motifs is 1. The lowest BCUT2D eigenvalue weighted by Gasteiger charge is -2.23. The van der Waals surface area contributed by atoms with Gasteiger partial charge in [-0.15, -0.1) is 0 Å². The fourth-order valence-electron chi connectivity index (χ4n) is 4.39. The molecule has 2 aliphatic rings. The molecular formula is C23H28O7. The Labute approximate surface area is 176 Å². The highest BCUT2D eigenvalue weighted by molar-refractivity contribution is 5.46. The van der Waals surface area contributed by atoms with Crippen molar-refractivity contribution in [3.05, 3.63) is 47.5 Å². The first-order valence-electron chi connectivity index (χ1n) is 9.95. The van der Waals surface area contributed by atoms with Crippen molar-refractivity contribution in [2.75, 3.05) is 48.4 Å². The molecule has 2 aromatic rings. The van der Waals surface area contributed by atoms with Gasteiger partial charge in [0.25, 0.3) is 0 Å². The Morgan fingerprint density at radius 3 is 1.97 bits per heavy atom. The summed E-state index contributed by atoms with van der Waals surface area (Å²) in [6.07, 6.45) is -0.349. The first-order valence-corrected chi connectivity index (χ1v) is 9.95. The molecule has 162 valence electrons. The normalized spacial score (nSPS) is 24.8. The van der Waals surface area contributed by atoms with Gasteiger partial charge in [-0.05, 0) is 35.4 Å². The topological polar surface area (TPSA) is 64.6 Å². The van der Waals surface area contributed by atoms with Crippen LogP contribution in [0.15, 0.2) is 36.4 Å². The van der Waals surface area contributed by atoms with Crippen molar-refractivity contribution in [3.63, 3.8) is 0 Å². The van der Waals surface area contributed by atoms with Crippen molar-refractivity contribution in [1.82, 2.24) is 0 Å². The Kier molecular flexibility index (Phi) is 6.32. The Hall–Kier alpha value is -2.48. The van der Waals surface area contributed by atoms with E-state index in [4.69, 9.17) is 33.2 Å². The molecule has 0 radical (unpaired) electrons. The van der Waals surface area contributed by atoms with Crippen LogP contribution in [0.5, 0.6) is 23.0 Å². The summed E-state index contributed by atoms with van der Waals surface area (Å²) < 4.78 is 39.7. The maximum Gasteiger partial charge on any atom is 0.231 e. The van der Waals surface area contributed by atoms with Crippen LogP contribution in [0.4, 0.5) is 0 Å². The second-order valence-corrected chi connectivity index (χ2v) is 7.44. The first kappa shape index (κ1) is 20.8. The third-order valence-corrected chi connectivity index (χ3v) is 5.80. The lowest BCUT2D eigenvalue weighted by atomic mass is 9.83. The van der Waals surface area contributed by atoms with E-state index in [9.17, 15) is 0 Å². The lowest BCUT2D eigenvalue weighted by Crippen LogP contribution is -2.25. The molecule has 0 N–H and O–H groups in total. The highest BCUT2D eigenvalue weighted by Crippen LogP contribution is 2.51. The molecule has 0 aliphatic carbocycles. The molecule has 0 saturated carbocycles. The van der Waals surface area contributed by atoms with E-state index >= 15 is 0 Å². The van der Waals surface area contributed by atoms with Crippen LogP contribution in [-0.4, -0.2) is 48.4 Å². The first-order chi connectivity index (χ1) is 14.7. The summed E-state index contributed by atoms with van der Waals surface area (Å²) in [7, 11) is 6.68. The van der Waals surface area contributed by atoms with Crippen molar-refractivity contribution < 1.29 is 33.2 Å². The van der Waals surface area contributed by atoms with Crippen molar-refractivity contribution in [2.24, 2.45) is 11.8 Å². The van der Waals surface area contributed by atoms with E-state index in [0.29, 0.717) is 24.7 Å². The number of benzene rings is 2. The summed E-state index contributed by atoms with van der Waals surface area (Å²) in [6, 6.07) is 11.8. The summed E-state index contributed by atoms with van der Waals surface area (Å²) in [5.74, 6) is 3.06. The molecule has 0 unspecified atom stereocenters. The third-order valence-electron chi connectivity index (χ3n) is 5.80. The number of rotatable bonds is 8. The van der Waals surface area contributed by atoms with Gasteiger partial charge >= 0.3 is 0 Å². The van der Waals surface area contributed by atoms with Crippen LogP contribution in [0.3, 0.4) is 0 Å². The molecule has 1 fully saturated rings. The summed E-state index contributed by atoms with van der Waals surface area (Å²) in [5, 5.41) is 0. The van der Waals surface area contributed by atoms with Crippen molar-refractivity contribution in [1.29, 1.82) is 0 Å². The SMILES string of the molecule is COC[C@@H]1[C@H](COC)[C@H](c2ccc3c(c2)OCO3)O[C@@H]1c1ccc(OC)c(OC)c1. The van der Waals surface area contributed by atoms with Crippen LogP contribution in [0.2, 0.25) is 0 Å². The second kappa shape index (κ2) is 9.12. The van der Waals surface area contributed by atoms with Crippen LogP contribution in [0, 0.1) is 11.8 Å². The molecular weight excluding hydrogens is 388 g/mol. The van der Waals surface area contributed by atoms with E-state index in [1.807, 2.05) is 36.4 Å².